The van der Waals surface area contributed by atoms with Crippen LogP contribution in [-0.4, -0.2) is 44.3 Å². The van der Waals surface area contributed by atoms with E-state index in [4.69, 9.17) is 4.42 Å². The maximum atomic E-state index is 13.3. The normalized spacial score (nSPS) is 10.8. The molecule has 2 heterocycles. The third kappa shape index (κ3) is 5.99. The number of furan rings is 1. The Morgan fingerprint density at radius 1 is 1.06 bits per heavy atom. The first-order valence-electron chi connectivity index (χ1n) is 11.3. The van der Waals surface area contributed by atoms with Gasteiger partial charge in [0.15, 0.2) is 5.16 Å². The second-order valence-electron chi connectivity index (χ2n) is 7.86. The molecule has 2 aromatic carbocycles. The molecule has 0 saturated carbocycles. The van der Waals surface area contributed by atoms with Gasteiger partial charge in [0.05, 0.1) is 24.2 Å². The molecule has 2 amide bonds. The highest BCUT2D eigenvalue weighted by Crippen LogP contribution is 2.23. The van der Waals surface area contributed by atoms with Crippen LogP contribution < -0.4 is 5.32 Å². The lowest BCUT2D eigenvalue weighted by Crippen LogP contribution is -2.31. The van der Waals surface area contributed by atoms with Crippen molar-refractivity contribution in [3.05, 3.63) is 95.7 Å². The van der Waals surface area contributed by atoms with Crippen molar-refractivity contribution in [2.75, 3.05) is 12.8 Å². The van der Waals surface area contributed by atoms with Crippen LogP contribution in [0.1, 0.15) is 34.2 Å². The van der Waals surface area contributed by atoms with Gasteiger partial charge in [-0.05, 0) is 47.9 Å². The Labute approximate surface area is 208 Å². The van der Waals surface area contributed by atoms with Crippen LogP contribution in [0.15, 0.2) is 82.8 Å². The molecule has 0 bridgehead atoms. The quantitative estimate of drug-likeness (QED) is 0.337. The fourth-order valence-corrected chi connectivity index (χ4v) is 4.52. The summed E-state index contributed by atoms with van der Waals surface area (Å²) in [5, 5.41) is 11.6. The van der Waals surface area contributed by atoms with E-state index in [1.807, 2.05) is 41.0 Å². The zero-order valence-corrected chi connectivity index (χ0v) is 20.5. The minimum Gasteiger partial charge on any atom is -0.467 e. The molecule has 0 atom stereocenters. The zero-order chi connectivity index (χ0) is 24.6. The Kier molecular flexibility index (Phi) is 7.99. The topological polar surface area (TPSA) is 93.3 Å². The first kappa shape index (κ1) is 24.3. The minimum atomic E-state index is -0.148. The second-order valence-corrected chi connectivity index (χ2v) is 8.80. The average molecular weight is 490 g/mol. The van der Waals surface area contributed by atoms with Crippen molar-refractivity contribution >= 4 is 23.6 Å². The summed E-state index contributed by atoms with van der Waals surface area (Å²) < 4.78 is 7.41. The first-order valence-corrected chi connectivity index (χ1v) is 12.3. The number of rotatable bonds is 10. The molecule has 0 aliphatic rings. The van der Waals surface area contributed by atoms with E-state index < -0.39 is 0 Å². The number of carbonyl (C=O) groups excluding carboxylic acids is 2. The lowest BCUT2D eigenvalue weighted by Gasteiger charge is -2.22. The summed E-state index contributed by atoms with van der Waals surface area (Å²) in [5.41, 5.74) is 3.68. The largest absolute Gasteiger partial charge is 0.467 e. The van der Waals surface area contributed by atoms with E-state index in [1.165, 1.54) is 17.3 Å². The van der Waals surface area contributed by atoms with E-state index in [0.717, 1.165) is 17.7 Å². The summed E-state index contributed by atoms with van der Waals surface area (Å²) in [6.07, 6.45) is 4.15. The molecule has 4 aromatic rings. The van der Waals surface area contributed by atoms with Gasteiger partial charge in [0, 0.05) is 19.2 Å². The van der Waals surface area contributed by atoms with E-state index in [1.54, 1.807) is 42.7 Å². The lowest BCUT2D eigenvalue weighted by atomic mass is 10.1. The predicted octanol–water partition coefficient (Wildman–Crippen LogP) is 4.10. The predicted molar refractivity (Wildman–Crippen MR) is 134 cm³/mol. The fourth-order valence-electron chi connectivity index (χ4n) is 3.70. The zero-order valence-electron chi connectivity index (χ0n) is 19.7. The Morgan fingerprint density at radius 2 is 1.86 bits per heavy atom. The molecule has 35 heavy (non-hydrogen) atoms. The van der Waals surface area contributed by atoms with Crippen LogP contribution >= 0.6 is 11.8 Å². The third-order valence-electron chi connectivity index (χ3n) is 5.57. The highest BCUT2D eigenvalue weighted by Gasteiger charge is 2.19. The Hall–Kier alpha value is -3.85. The number of hydrogen-bond donors (Lipinski definition) is 1. The molecule has 0 fully saturated rings. The van der Waals surface area contributed by atoms with Crippen LogP contribution in [0.3, 0.4) is 0 Å². The van der Waals surface area contributed by atoms with Crippen molar-refractivity contribution < 1.29 is 14.0 Å². The molecular formula is C26H27N5O3S. The molecule has 4 rings (SSSR count). The van der Waals surface area contributed by atoms with Gasteiger partial charge >= 0.3 is 0 Å². The molecule has 8 nitrogen and oxygen atoms in total. The van der Waals surface area contributed by atoms with Gasteiger partial charge in [-0.3, -0.25) is 14.2 Å². The monoisotopic (exact) mass is 489 g/mol. The summed E-state index contributed by atoms with van der Waals surface area (Å²) in [7, 11) is 1.60. The molecule has 0 aliphatic carbocycles. The molecule has 180 valence electrons. The Balaban J connectivity index is 1.48. The molecule has 0 spiro atoms. The van der Waals surface area contributed by atoms with Gasteiger partial charge in [0.25, 0.3) is 5.91 Å². The van der Waals surface area contributed by atoms with Crippen LogP contribution in [0.2, 0.25) is 0 Å². The van der Waals surface area contributed by atoms with Crippen molar-refractivity contribution in [2.24, 2.45) is 0 Å². The van der Waals surface area contributed by atoms with E-state index in [-0.39, 0.29) is 17.6 Å². The lowest BCUT2D eigenvalue weighted by molar-refractivity contribution is -0.129. The number of thioether (sulfide) groups is 1. The summed E-state index contributed by atoms with van der Waals surface area (Å²) in [6, 6.07) is 19.0. The molecule has 9 heteroatoms. The summed E-state index contributed by atoms with van der Waals surface area (Å²) in [4.78, 5) is 26.9. The van der Waals surface area contributed by atoms with Gasteiger partial charge < -0.3 is 14.6 Å². The summed E-state index contributed by atoms with van der Waals surface area (Å²) in [5.74, 6) is 0.694. The van der Waals surface area contributed by atoms with Crippen LogP contribution in [-0.2, 0) is 24.3 Å². The van der Waals surface area contributed by atoms with Crippen molar-refractivity contribution in [2.45, 2.75) is 31.6 Å². The van der Waals surface area contributed by atoms with Crippen LogP contribution in [0, 0.1) is 0 Å². The minimum absolute atomic E-state index is 0.0555. The van der Waals surface area contributed by atoms with Crippen molar-refractivity contribution in [1.82, 2.24) is 25.0 Å². The second kappa shape index (κ2) is 11.5. The van der Waals surface area contributed by atoms with Gasteiger partial charge in [-0.15, -0.1) is 10.2 Å². The number of carbonyl (C=O) groups is 2. The summed E-state index contributed by atoms with van der Waals surface area (Å²) >= 11 is 1.35. The van der Waals surface area contributed by atoms with Crippen LogP contribution in [0.4, 0.5) is 0 Å². The molecule has 1 N–H and O–H groups in total. The third-order valence-corrected chi connectivity index (χ3v) is 6.50. The number of nitrogens with one attached hydrogen (secondary N) is 1. The van der Waals surface area contributed by atoms with E-state index in [2.05, 4.69) is 28.5 Å². The molecule has 0 radical (unpaired) electrons. The SMILES string of the molecule is CCc1ccccc1-n1cnnc1SCC(=O)N(Cc1ccc(C(=O)NC)cc1)Cc1ccco1. The van der Waals surface area contributed by atoms with Gasteiger partial charge in [-0.2, -0.15) is 0 Å². The fraction of sp³-hybridized carbons (Fsp3) is 0.231. The molecular weight excluding hydrogens is 462 g/mol. The smallest absolute Gasteiger partial charge is 0.251 e. The Morgan fingerprint density at radius 3 is 2.57 bits per heavy atom. The molecule has 0 unspecified atom stereocenters. The van der Waals surface area contributed by atoms with Crippen LogP contribution in [0.25, 0.3) is 5.69 Å². The number of nitrogens with zero attached hydrogens (tertiary/aromatic N) is 4. The average Bonchev–Trinajstić information content (AvgIpc) is 3.59. The number of amides is 2. The van der Waals surface area contributed by atoms with Crippen molar-refractivity contribution in [3.63, 3.8) is 0 Å². The van der Waals surface area contributed by atoms with E-state index in [9.17, 15) is 9.59 Å². The van der Waals surface area contributed by atoms with E-state index >= 15 is 0 Å². The van der Waals surface area contributed by atoms with E-state index in [0.29, 0.717) is 29.6 Å². The molecule has 2 aromatic heterocycles. The molecule has 0 aliphatic heterocycles. The van der Waals surface area contributed by atoms with Gasteiger partial charge in [-0.25, -0.2) is 0 Å². The van der Waals surface area contributed by atoms with Crippen LogP contribution in [0.5, 0.6) is 0 Å². The van der Waals surface area contributed by atoms with Gasteiger partial charge in [0.1, 0.15) is 12.1 Å². The standard InChI is InChI=1S/C26H27N5O3S/c1-3-20-7-4-5-9-23(20)31-18-28-29-26(31)35-17-24(32)30(16-22-8-6-14-34-22)15-19-10-12-21(13-11-19)25(33)27-2/h4-14,18H,3,15-17H2,1-2H3,(H,27,33). The number of aromatic nitrogens is 3. The number of hydrogen-bond acceptors (Lipinski definition) is 6. The maximum absolute atomic E-state index is 13.3. The maximum Gasteiger partial charge on any atom is 0.251 e. The van der Waals surface area contributed by atoms with Crippen molar-refractivity contribution in [1.29, 1.82) is 0 Å². The van der Waals surface area contributed by atoms with Crippen molar-refractivity contribution in [3.8, 4) is 5.69 Å². The van der Waals surface area contributed by atoms with Gasteiger partial charge in [-0.1, -0.05) is 49.0 Å². The number of para-hydroxylation sites is 1. The Bertz CT molecular complexity index is 1270. The molecule has 0 saturated heterocycles. The number of benzene rings is 2. The summed E-state index contributed by atoms with van der Waals surface area (Å²) in [6.45, 7) is 2.83. The highest BCUT2D eigenvalue weighted by molar-refractivity contribution is 7.99. The highest BCUT2D eigenvalue weighted by atomic mass is 32.2. The van der Waals surface area contributed by atoms with Gasteiger partial charge in [0.2, 0.25) is 5.91 Å². The first-order chi connectivity index (χ1) is 17.1. The number of aryl methyl sites for hydroxylation is 1.